The molecule has 2 aromatic carbocycles. The van der Waals surface area contributed by atoms with Crippen LogP contribution in [0.2, 0.25) is 0 Å². The van der Waals surface area contributed by atoms with Crippen LogP contribution in [0.15, 0.2) is 64.2 Å². The van der Waals surface area contributed by atoms with Gasteiger partial charge in [-0.05, 0) is 42.0 Å². The number of thioether (sulfide) groups is 1. The van der Waals surface area contributed by atoms with Crippen LogP contribution < -0.4 is 21.9 Å². The second kappa shape index (κ2) is 13.1. The highest BCUT2D eigenvalue weighted by Gasteiger charge is 2.32. The lowest BCUT2D eigenvalue weighted by atomic mass is 10.00. The fourth-order valence-electron chi connectivity index (χ4n) is 4.14. The van der Waals surface area contributed by atoms with Gasteiger partial charge in [-0.25, -0.2) is 14.2 Å². The first-order valence-corrected chi connectivity index (χ1v) is 13.6. The van der Waals surface area contributed by atoms with Crippen LogP contribution in [-0.2, 0) is 20.8 Å². The number of nitrogens with zero attached hydrogens (tertiary/aromatic N) is 1. The molecule has 0 saturated heterocycles. The Morgan fingerprint density at radius 1 is 0.974 bits per heavy atom. The third-order valence-corrected chi connectivity index (χ3v) is 6.84. The van der Waals surface area contributed by atoms with Gasteiger partial charge in [0.15, 0.2) is 0 Å². The first kappa shape index (κ1) is 28.7. The maximum absolute atomic E-state index is 13.7. The van der Waals surface area contributed by atoms with Crippen molar-refractivity contribution in [1.29, 1.82) is 0 Å². The van der Waals surface area contributed by atoms with Gasteiger partial charge in [0.05, 0.1) is 10.9 Å². The lowest BCUT2D eigenvalue weighted by molar-refractivity contribution is -0.142. The number of aromatic nitrogens is 2. The van der Waals surface area contributed by atoms with Crippen LogP contribution in [0.1, 0.15) is 31.9 Å². The van der Waals surface area contributed by atoms with Crippen molar-refractivity contribution < 1.29 is 19.5 Å². The van der Waals surface area contributed by atoms with Gasteiger partial charge in [-0.1, -0.05) is 56.3 Å². The van der Waals surface area contributed by atoms with E-state index in [1.165, 1.54) is 11.8 Å². The molecule has 0 saturated carbocycles. The minimum Gasteiger partial charge on any atom is -0.480 e. The van der Waals surface area contributed by atoms with E-state index in [9.17, 15) is 29.1 Å². The van der Waals surface area contributed by atoms with E-state index in [1.807, 2.05) is 12.3 Å². The minimum absolute atomic E-state index is 0.0198. The van der Waals surface area contributed by atoms with Crippen molar-refractivity contribution >= 4 is 40.4 Å². The van der Waals surface area contributed by atoms with Gasteiger partial charge in [-0.15, -0.1) is 0 Å². The number of fused-ring (bicyclic) bond motifs is 1. The second-order valence-corrected chi connectivity index (χ2v) is 10.3. The Balaban J connectivity index is 1.98. The van der Waals surface area contributed by atoms with Gasteiger partial charge < -0.3 is 20.7 Å². The SMILES string of the molecule is CSCCC(NC(=O)C(NC(=O)C(Cc1ccccc1)n1c(=O)[nH]c2ccccc2c1=O)C(C)C)C(=O)O. The number of hydrogen-bond acceptors (Lipinski definition) is 6. The lowest BCUT2D eigenvalue weighted by Gasteiger charge is -2.27. The van der Waals surface area contributed by atoms with Crippen molar-refractivity contribution in [1.82, 2.24) is 20.2 Å². The number of amides is 2. The topological polar surface area (TPSA) is 150 Å². The van der Waals surface area contributed by atoms with Crippen molar-refractivity contribution in [3.8, 4) is 0 Å². The fourth-order valence-corrected chi connectivity index (χ4v) is 4.61. The van der Waals surface area contributed by atoms with Crippen LogP contribution in [0.5, 0.6) is 0 Å². The Kier molecular flexibility index (Phi) is 9.89. The number of carboxylic acid groups (broad SMARTS) is 1. The van der Waals surface area contributed by atoms with Gasteiger partial charge in [-0.3, -0.25) is 14.4 Å². The Labute approximate surface area is 223 Å². The molecule has 3 aromatic rings. The van der Waals surface area contributed by atoms with Gasteiger partial charge in [0, 0.05) is 6.42 Å². The lowest BCUT2D eigenvalue weighted by Crippen LogP contribution is -2.56. The number of rotatable bonds is 12. The third kappa shape index (κ3) is 6.91. The van der Waals surface area contributed by atoms with Gasteiger partial charge in [-0.2, -0.15) is 11.8 Å². The Hall–Kier alpha value is -3.86. The van der Waals surface area contributed by atoms with E-state index in [4.69, 9.17) is 0 Å². The molecule has 1 aromatic heterocycles. The summed E-state index contributed by atoms with van der Waals surface area (Å²) in [5.41, 5.74) is -0.324. The summed E-state index contributed by atoms with van der Waals surface area (Å²) in [4.78, 5) is 67.5. The molecule has 3 unspecified atom stereocenters. The Bertz CT molecular complexity index is 1400. The van der Waals surface area contributed by atoms with Crippen LogP contribution in [0.3, 0.4) is 0 Å². The predicted octanol–water partition coefficient (Wildman–Crippen LogP) is 1.94. The number of benzene rings is 2. The summed E-state index contributed by atoms with van der Waals surface area (Å²) in [6.45, 7) is 3.42. The molecule has 3 rings (SSSR count). The van der Waals surface area contributed by atoms with Gasteiger partial charge in [0.1, 0.15) is 18.1 Å². The molecular formula is C27H32N4O6S. The largest absolute Gasteiger partial charge is 0.480 e. The molecule has 0 aliphatic carbocycles. The number of H-pyrrole nitrogens is 1. The molecule has 0 fully saturated rings. The number of hydrogen-bond donors (Lipinski definition) is 4. The van der Waals surface area contributed by atoms with E-state index in [0.29, 0.717) is 16.8 Å². The van der Waals surface area contributed by atoms with Crippen LogP contribution in [-0.4, -0.2) is 56.5 Å². The second-order valence-electron chi connectivity index (χ2n) is 9.27. The smallest absolute Gasteiger partial charge is 0.329 e. The molecule has 0 aliphatic rings. The number of aliphatic carboxylic acids is 1. The zero-order valence-corrected chi connectivity index (χ0v) is 22.3. The molecule has 1 heterocycles. The molecule has 38 heavy (non-hydrogen) atoms. The van der Waals surface area contributed by atoms with Crippen LogP contribution in [0.4, 0.5) is 0 Å². The Morgan fingerprint density at radius 3 is 2.26 bits per heavy atom. The van der Waals surface area contributed by atoms with E-state index in [2.05, 4.69) is 15.6 Å². The highest BCUT2D eigenvalue weighted by Crippen LogP contribution is 2.15. The van der Waals surface area contributed by atoms with Crippen molar-refractivity contribution in [3.05, 3.63) is 81.0 Å². The van der Waals surface area contributed by atoms with E-state index < -0.39 is 53.1 Å². The van der Waals surface area contributed by atoms with Crippen molar-refractivity contribution in [2.45, 2.75) is 44.8 Å². The average molecular weight is 541 g/mol. The van der Waals surface area contributed by atoms with E-state index in [1.54, 1.807) is 62.4 Å². The maximum atomic E-state index is 13.7. The van der Waals surface area contributed by atoms with Gasteiger partial charge in [0.25, 0.3) is 5.56 Å². The maximum Gasteiger partial charge on any atom is 0.329 e. The normalized spacial score (nSPS) is 13.6. The predicted molar refractivity (Wildman–Crippen MR) is 147 cm³/mol. The van der Waals surface area contributed by atoms with Crippen LogP contribution in [0.25, 0.3) is 10.9 Å². The monoisotopic (exact) mass is 540 g/mol. The molecule has 11 heteroatoms. The molecule has 10 nitrogen and oxygen atoms in total. The van der Waals surface area contributed by atoms with Gasteiger partial charge in [0.2, 0.25) is 11.8 Å². The molecule has 0 radical (unpaired) electrons. The molecular weight excluding hydrogens is 508 g/mol. The summed E-state index contributed by atoms with van der Waals surface area (Å²) in [6.07, 6.45) is 2.08. The van der Waals surface area contributed by atoms with Gasteiger partial charge >= 0.3 is 11.7 Å². The van der Waals surface area contributed by atoms with Crippen LogP contribution in [0, 0.1) is 5.92 Å². The molecule has 202 valence electrons. The fraction of sp³-hybridized carbons (Fsp3) is 0.370. The molecule has 0 spiro atoms. The Morgan fingerprint density at radius 2 is 1.63 bits per heavy atom. The number of nitrogens with one attached hydrogen (secondary N) is 3. The number of para-hydroxylation sites is 1. The summed E-state index contributed by atoms with van der Waals surface area (Å²) in [5.74, 6) is -2.40. The first-order valence-electron chi connectivity index (χ1n) is 12.2. The van der Waals surface area contributed by atoms with Crippen LogP contribution >= 0.6 is 11.8 Å². The highest BCUT2D eigenvalue weighted by atomic mass is 32.2. The van der Waals surface area contributed by atoms with Crippen molar-refractivity contribution in [3.63, 3.8) is 0 Å². The average Bonchev–Trinajstić information content (AvgIpc) is 2.89. The quantitative estimate of drug-likeness (QED) is 0.274. The van der Waals surface area contributed by atoms with E-state index in [-0.39, 0.29) is 18.2 Å². The summed E-state index contributed by atoms with van der Waals surface area (Å²) in [5, 5.41) is 14.9. The molecule has 0 aliphatic heterocycles. The standard InChI is InChI=1S/C27H32N4O6S/c1-16(2)22(24(33)28-20(26(35)36)13-14-38-3)30-23(32)21(15-17-9-5-4-6-10-17)31-25(34)18-11-7-8-12-19(18)29-27(31)37/h4-12,16,20-22H,13-15H2,1-3H3,(H,28,33)(H,29,37)(H,30,32)(H,35,36). The molecule has 0 bridgehead atoms. The molecule has 3 atom stereocenters. The molecule has 2 amide bonds. The van der Waals surface area contributed by atoms with Crippen molar-refractivity contribution in [2.75, 3.05) is 12.0 Å². The number of carbonyl (C=O) groups excluding carboxylic acids is 2. The number of carbonyl (C=O) groups is 3. The van der Waals surface area contributed by atoms with Crippen molar-refractivity contribution in [2.24, 2.45) is 5.92 Å². The first-order chi connectivity index (χ1) is 18.1. The van der Waals surface area contributed by atoms with E-state index in [0.717, 1.165) is 4.57 Å². The highest BCUT2D eigenvalue weighted by molar-refractivity contribution is 7.98. The summed E-state index contributed by atoms with van der Waals surface area (Å²) in [7, 11) is 0. The minimum atomic E-state index is -1.26. The third-order valence-electron chi connectivity index (χ3n) is 6.20. The zero-order valence-electron chi connectivity index (χ0n) is 21.5. The summed E-state index contributed by atoms with van der Waals surface area (Å²) >= 11 is 1.46. The molecule has 4 N–H and O–H groups in total. The summed E-state index contributed by atoms with van der Waals surface area (Å²) in [6, 6.07) is 12.0. The van der Waals surface area contributed by atoms with E-state index >= 15 is 0 Å². The zero-order chi connectivity index (χ0) is 27.8. The number of aromatic amines is 1. The summed E-state index contributed by atoms with van der Waals surface area (Å²) < 4.78 is 0.873. The number of carboxylic acids is 1.